The molecule has 1 heteroatoms. The standard InChI is InChI=1S/C14H22O/c1-10(2)9-15-14-8-13(11(3)4)7-6-12(14)5/h6-8,10-11H,9H2,1-5H3. The van der Waals surface area contributed by atoms with Crippen LogP contribution in [0.1, 0.15) is 44.7 Å². The van der Waals surface area contributed by atoms with Crippen molar-refractivity contribution < 1.29 is 4.74 Å². The Hall–Kier alpha value is -0.980. The van der Waals surface area contributed by atoms with Crippen molar-refractivity contribution in [1.29, 1.82) is 0 Å². The third-order valence-electron chi connectivity index (χ3n) is 2.45. The first-order valence-electron chi connectivity index (χ1n) is 5.74. The molecule has 0 aliphatic rings. The smallest absolute Gasteiger partial charge is 0.122 e. The van der Waals surface area contributed by atoms with E-state index in [2.05, 4.69) is 52.8 Å². The monoisotopic (exact) mass is 206 g/mol. The van der Waals surface area contributed by atoms with Crippen LogP contribution in [0.25, 0.3) is 0 Å². The van der Waals surface area contributed by atoms with Crippen molar-refractivity contribution in [1.82, 2.24) is 0 Å². The van der Waals surface area contributed by atoms with Crippen molar-refractivity contribution >= 4 is 0 Å². The SMILES string of the molecule is Cc1ccc(C(C)C)cc1OCC(C)C. The Kier molecular flexibility index (Phi) is 4.19. The summed E-state index contributed by atoms with van der Waals surface area (Å²) in [6.07, 6.45) is 0. The third kappa shape index (κ3) is 3.58. The van der Waals surface area contributed by atoms with Gasteiger partial charge < -0.3 is 4.74 Å². The van der Waals surface area contributed by atoms with Crippen LogP contribution in [-0.2, 0) is 0 Å². The first kappa shape index (κ1) is 12.1. The first-order chi connectivity index (χ1) is 7.00. The molecule has 0 saturated heterocycles. The van der Waals surface area contributed by atoms with Gasteiger partial charge in [-0.3, -0.25) is 0 Å². The van der Waals surface area contributed by atoms with E-state index in [1.807, 2.05) is 0 Å². The summed E-state index contributed by atoms with van der Waals surface area (Å²) in [7, 11) is 0. The number of aryl methyl sites for hydroxylation is 1. The topological polar surface area (TPSA) is 9.23 Å². The second-order valence-corrected chi connectivity index (χ2v) is 4.88. The zero-order valence-electron chi connectivity index (χ0n) is 10.5. The molecule has 1 nitrogen and oxygen atoms in total. The van der Waals surface area contributed by atoms with E-state index in [4.69, 9.17) is 4.74 Å². The predicted octanol–water partition coefficient (Wildman–Crippen LogP) is 4.15. The van der Waals surface area contributed by atoms with Crippen LogP contribution >= 0.6 is 0 Å². The van der Waals surface area contributed by atoms with E-state index in [1.165, 1.54) is 11.1 Å². The van der Waals surface area contributed by atoms with Gasteiger partial charge in [-0.2, -0.15) is 0 Å². The van der Waals surface area contributed by atoms with E-state index in [-0.39, 0.29) is 0 Å². The molecule has 15 heavy (non-hydrogen) atoms. The molecule has 1 aromatic carbocycles. The lowest BCUT2D eigenvalue weighted by atomic mass is 10.0. The Morgan fingerprint density at radius 3 is 2.33 bits per heavy atom. The second kappa shape index (κ2) is 5.20. The fourth-order valence-electron chi connectivity index (χ4n) is 1.39. The van der Waals surface area contributed by atoms with Gasteiger partial charge in [0.15, 0.2) is 0 Å². The molecule has 0 aromatic heterocycles. The van der Waals surface area contributed by atoms with Crippen LogP contribution in [0.5, 0.6) is 5.75 Å². The molecule has 0 aliphatic heterocycles. The van der Waals surface area contributed by atoms with E-state index in [0.29, 0.717) is 11.8 Å². The Labute approximate surface area is 93.5 Å². The largest absolute Gasteiger partial charge is 0.493 e. The summed E-state index contributed by atoms with van der Waals surface area (Å²) in [6.45, 7) is 11.6. The number of hydrogen-bond acceptors (Lipinski definition) is 1. The molecule has 0 unspecified atom stereocenters. The van der Waals surface area contributed by atoms with E-state index < -0.39 is 0 Å². The van der Waals surface area contributed by atoms with Crippen LogP contribution < -0.4 is 4.74 Å². The highest BCUT2D eigenvalue weighted by Crippen LogP contribution is 2.24. The van der Waals surface area contributed by atoms with Gasteiger partial charge in [0.25, 0.3) is 0 Å². The molecule has 1 aromatic rings. The maximum atomic E-state index is 5.79. The molecular weight excluding hydrogens is 184 g/mol. The molecule has 0 aliphatic carbocycles. The molecule has 1 rings (SSSR count). The molecule has 0 spiro atoms. The van der Waals surface area contributed by atoms with Gasteiger partial charge in [0.1, 0.15) is 5.75 Å². The summed E-state index contributed by atoms with van der Waals surface area (Å²) in [4.78, 5) is 0. The van der Waals surface area contributed by atoms with Crippen molar-refractivity contribution in [3.05, 3.63) is 29.3 Å². The van der Waals surface area contributed by atoms with Crippen LogP contribution in [0.4, 0.5) is 0 Å². The maximum absolute atomic E-state index is 5.79. The molecule has 0 amide bonds. The van der Waals surface area contributed by atoms with E-state index in [9.17, 15) is 0 Å². The number of benzene rings is 1. The van der Waals surface area contributed by atoms with Crippen LogP contribution in [0, 0.1) is 12.8 Å². The van der Waals surface area contributed by atoms with Crippen LogP contribution in [0.3, 0.4) is 0 Å². The van der Waals surface area contributed by atoms with Gasteiger partial charge in [-0.25, -0.2) is 0 Å². The predicted molar refractivity (Wildman–Crippen MR) is 65.6 cm³/mol. The van der Waals surface area contributed by atoms with Gasteiger partial charge in [-0.15, -0.1) is 0 Å². The number of hydrogen-bond donors (Lipinski definition) is 0. The first-order valence-corrected chi connectivity index (χ1v) is 5.74. The second-order valence-electron chi connectivity index (χ2n) is 4.88. The summed E-state index contributed by atoms with van der Waals surface area (Å²) < 4.78 is 5.79. The minimum Gasteiger partial charge on any atom is -0.493 e. The minimum absolute atomic E-state index is 0.562. The molecule has 0 saturated carbocycles. The minimum atomic E-state index is 0.562. The van der Waals surface area contributed by atoms with Crippen LogP contribution in [0.15, 0.2) is 18.2 Å². The summed E-state index contributed by atoms with van der Waals surface area (Å²) in [5, 5.41) is 0. The molecule has 0 N–H and O–H groups in total. The molecule has 0 radical (unpaired) electrons. The third-order valence-corrected chi connectivity index (χ3v) is 2.45. The zero-order chi connectivity index (χ0) is 11.4. The summed E-state index contributed by atoms with van der Waals surface area (Å²) in [5.41, 5.74) is 2.57. The summed E-state index contributed by atoms with van der Waals surface area (Å²) in [5.74, 6) is 2.18. The fourth-order valence-corrected chi connectivity index (χ4v) is 1.39. The van der Waals surface area contributed by atoms with Gasteiger partial charge in [-0.1, -0.05) is 39.8 Å². The zero-order valence-corrected chi connectivity index (χ0v) is 10.5. The Bertz CT molecular complexity index is 313. The number of rotatable bonds is 4. The molecule has 0 fully saturated rings. The fraction of sp³-hybridized carbons (Fsp3) is 0.571. The molecule has 0 bridgehead atoms. The lowest BCUT2D eigenvalue weighted by Crippen LogP contribution is -2.05. The highest BCUT2D eigenvalue weighted by molar-refractivity contribution is 5.37. The normalized spacial score (nSPS) is 11.1. The van der Waals surface area contributed by atoms with Gasteiger partial charge in [0.2, 0.25) is 0 Å². The highest BCUT2D eigenvalue weighted by atomic mass is 16.5. The van der Waals surface area contributed by atoms with Gasteiger partial charge in [0.05, 0.1) is 6.61 Å². The molecular formula is C14H22O. The molecule has 0 heterocycles. The average Bonchev–Trinajstić information content (AvgIpc) is 2.16. The van der Waals surface area contributed by atoms with Gasteiger partial charge in [0, 0.05) is 0 Å². The van der Waals surface area contributed by atoms with Crippen molar-refractivity contribution in [2.75, 3.05) is 6.61 Å². The Morgan fingerprint density at radius 2 is 1.80 bits per heavy atom. The Balaban J connectivity index is 2.81. The lowest BCUT2D eigenvalue weighted by molar-refractivity contribution is 0.269. The lowest BCUT2D eigenvalue weighted by Gasteiger charge is -2.14. The Morgan fingerprint density at radius 1 is 1.13 bits per heavy atom. The highest BCUT2D eigenvalue weighted by Gasteiger charge is 2.05. The van der Waals surface area contributed by atoms with Crippen molar-refractivity contribution in [3.63, 3.8) is 0 Å². The van der Waals surface area contributed by atoms with Crippen molar-refractivity contribution in [3.8, 4) is 5.75 Å². The number of ether oxygens (including phenoxy) is 1. The van der Waals surface area contributed by atoms with Crippen molar-refractivity contribution in [2.45, 2.75) is 40.5 Å². The summed E-state index contributed by atoms with van der Waals surface area (Å²) >= 11 is 0. The molecule has 84 valence electrons. The van der Waals surface area contributed by atoms with E-state index in [1.54, 1.807) is 0 Å². The summed E-state index contributed by atoms with van der Waals surface area (Å²) in [6, 6.07) is 6.50. The average molecular weight is 206 g/mol. The van der Waals surface area contributed by atoms with E-state index in [0.717, 1.165) is 12.4 Å². The van der Waals surface area contributed by atoms with Crippen LogP contribution in [-0.4, -0.2) is 6.61 Å². The molecule has 0 atom stereocenters. The maximum Gasteiger partial charge on any atom is 0.122 e. The van der Waals surface area contributed by atoms with Crippen LogP contribution in [0.2, 0.25) is 0 Å². The van der Waals surface area contributed by atoms with E-state index >= 15 is 0 Å². The van der Waals surface area contributed by atoms with Gasteiger partial charge in [-0.05, 0) is 36.0 Å². The van der Waals surface area contributed by atoms with Gasteiger partial charge >= 0.3 is 0 Å². The quantitative estimate of drug-likeness (QED) is 0.719. The van der Waals surface area contributed by atoms with Crippen molar-refractivity contribution in [2.24, 2.45) is 5.92 Å².